The quantitative estimate of drug-likeness (QED) is 0.895. The van der Waals surface area contributed by atoms with E-state index < -0.39 is 17.1 Å². The maximum atomic E-state index is 13.8. The molecule has 106 valence electrons. The third-order valence-corrected chi connectivity index (χ3v) is 3.32. The van der Waals surface area contributed by atoms with E-state index in [9.17, 15) is 13.6 Å². The van der Waals surface area contributed by atoms with Crippen molar-refractivity contribution < 1.29 is 18.7 Å². The van der Waals surface area contributed by atoms with Crippen molar-refractivity contribution in [1.29, 1.82) is 0 Å². The van der Waals surface area contributed by atoms with E-state index in [-0.39, 0.29) is 12.2 Å². The molecule has 19 heavy (non-hydrogen) atoms. The van der Waals surface area contributed by atoms with E-state index in [0.717, 1.165) is 11.1 Å². The Morgan fingerprint density at radius 2 is 1.89 bits per heavy atom. The highest BCUT2D eigenvalue weighted by molar-refractivity contribution is 5.81. The van der Waals surface area contributed by atoms with Crippen LogP contribution in [-0.2, 0) is 4.79 Å². The number of alkyl halides is 1. The molecule has 0 saturated carbocycles. The van der Waals surface area contributed by atoms with E-state index in [1.807, 2.05) is 6.07 Å². The van der Waals surface area contributed by atoms with E-state index in [2.05, 4.69) is 0 Å². The normalized spacial score (nSPS) is 15.1. The van der Waals surface area contributed by atoms with Crippen molar-refractivity contribution in [3.05, 3.63) is 24.0 Å². The lowest BCUT2D eigenvalue weighted by atomic mass is 9.75. The molecule has 1 unspecified atom stereocenters. The first-order valence-corrected chi connectivity index (χ1v) is 6.35. The minimum absolute atomic E-state index is 0.0741. The van der Waals surface area contributed by atoms with E-state index in [0.29, 0.717) is 6.42 Å². The SMILES string of the molecule is CCCC(F)(C(=O)O)C(C)(C)C.Fc1ccc2cc1-2. The fourth-order valence-electron chi connectivity index (χ4n) is 1.86. The third kappa shape index (κ3) is 3.31. The summed E-state index contributed by atoms with van der Waals surface area (Å²) in [6.07, 6.45) is 0.617. The predicted octanol–water partition coefficient (Wildman–Crippen LogP) is 4.43. The molecule has 0 amide bonds. The van der Waals surface area contributed by atoms with Gasteiger partial charge in [0.15, 0.2) is 0 Å². The summed E-state index contributed by atoms with van der Waals surface area (Å²) in [7, 11) is 0. The van der Waals surface area contributed by atoms with Crippen molar-refractivity contribution in [1.82, 2.24) is 0 Å². The molecule has 0 spiro atoms. The number of benzene rings is 1. The van der Waals surface area contributed by atoms with Gasteiger partial charge in [-0.2, -0.15) is 0 Å². The summed E-state index contributed by atoms with van der Waals surface area (Å²) in [6.45, 7) is 6.60. The van der Waals surface area contributed by atoms with Crippen LogP contribution in [0.15, 0.2) is 18.2 Å². The Hall–Kier alpha value is -1.45. The highest BCUT2D eigenvalue weighted by Gasteiger charge is 2.48. The zero-order valence-corrected chi connectivity index (χ0v) is 11.8. The van der Waals surface area contributed by atoms with Gasteiger partial charge in [0.2, 0.25) is 5.67 Å². The number of rotatable bonds is 3. The Bertz CT molecular complexity index is 478. The maximum absolute atomic E-state index is 13.8. The first kappa shape index (κ1) is 15.6. The standard InChI is InChI=1S/C9H17FO2.C6H3F/c1-5-6-9(10,7(11)12)8(2,3)4;7-6-2-1-4-3-5(4)6/h5-6H2,1-4H3,(H,11,12);1-3H. The lowest BCUT2D eigenvalue weighted by Gasteiger charge is -2.33. The number of hydrogen-bond acceptors (Lipinski definition) is 1. The molecular formula is C15H20F2O2. The Labute approximate surface area is 112 Å². The number of carboxylic acid groups (broad SMARTS) is 1. The van der Waals surface area contributed by atoms with E-state index >= 15 is 0 Å². The molecular weight excluding hydrogens is 250 g/mol. The zero-order valence-electron chi connectivity index (χ0n) is 11.8. The summed E-state index contributed by atoms with van der Waals surface area (Å²) in [4.78, 5) is 10.7. The van der Waals surface area contributed by atoms with Gasteiger partial charge < -0.3 is 5.11 Å². The minimum atomic E-state index is -2.10. The fourth-order valence-corrected chi connectivity index (χ4v) is 1.86. The third-order valence-electron chi connectivity index (χ3n) is 3.32. The van der Waals surface area contributed by atoms with E-state index in [4.69, 9.17) is 5.11 Å². The molecule has 2 nitrogen and oxygen atoms in total. The van der Waals surface area contributed by atoms with Crippen molar-refractivity contribution in [2.75, 3.05) is 0 Å². The Balaban J connectivity index is 0.000000213. The first-order chi connectivity index (χ1) is 8.63. The zero-order chi connectivity index (χ0) is 14.8. The van der Waals surface area contributed by atoms with Crippen LogP contribution in [0.4, 0.5) is 8.78 Å². The maximum Gasteiger partial charge on any atom is 0.342 e. The number of carbonyl (C=O) groups is 1. The fraction of sp³-hybridized carbons (Fsp3) is 0.533. The second kappa shape index (κ2) is 5.27. The highest BCUT2D eigenvalue weighted by atomic mass is 19.1. The summed E-state index contributed by atoms with van der Waals surface area (Å²) in [5.74, 6) is -1.42. The second-order valence-electron chi connectivity index (χ2n) is 5.80. The van der Waals surface area contributed by atoms with Gasteiger partial charge >= 0.3 is 5.97 Å². The number of carboxylic acids is 1. The Morgan fingerprint density at radius 1 is 1.32 bits per heavy atom. The molecule has 0 heterocycles. The Morgan fingerprint density at radius 3 is 2.00 bits per heavy atom. The second-order valence-corrected chi connectivity index (χ2v) is 5.80. The molecule has 2 rings (SSSR count). The van der Waals surface area contributed by atoms with Gasteiger partial charge in [-0.15, -0.1) is 0 Å². The van der Waals surface area contributed by atoms with Crippen LogP contribution in [-0.4, -0.2) is 16.7 Å². The lowest BCUT2D eigenvalue weighted by molar-refractivity contribution is -0.160. The molecule has 0 fully saturated rings. The topological polar surface area (TPSA) is 37.3 Å². The monoisotopic (exact) mass is 270 g/mol. The largest absolute Gasteiger partial charge is 0.479 e. The van der Waals surface area contributed by atoms with Crippen LogP contribution in [0.2, 0.25) is 0 Å². The Kier molecular flexibility index (Phi) is 4.33. The first-order valence-electron chi connectivity index (χ1n) is 6.35. The molecule has 2 aliphatic rings. The minimum Gasteiger partial charge on any atom is -0.479 e. The van der Waals surface area contributed by atoms with Crippen molar-refractivity contribution in [3.63, 3.8) is 0 Å². The van der Waals surface area contributed by atoms with Gasteiger partial charge in [0.25, 0.3) is 0 Å². The molecule has 2 aliphatic carbocycles. The summed E-state index contributed by atoms with van der Waals surface area (Å²) in [5.41, 5.74) is -1.06. The number of halogens is 2. The van der Waals surface area contributed by atoms with Gasteiger partial charge in [-0.25, -0.2) is 13.6 Å². The van der Waals surface area contributed by atoms with Crippen molar-refractivity contribution >= 4 is 5.97 Å². The number of fused-ring (bicyclic) bond motifs is 1. The number of hydrogen-bond donors (Lipinski definition) is 1. The molecule has 4 heteroatoms. The van der Waals surface area contributed by atoms with Crippen LogP contribution < -0.4 is 0 Å². The van der Waals surface area contributed by atoms with Gasteiger partial charge in [0, 0.05) is 11.0 Å². The van der Waals surface area contributed by atoms with Crippen LogP contribution in [0.3, 0.4) is 0 Å². The molecule has 0 aliphatic heterocycles. The molecule has 0 aromatic carbocycles. The molecule has 0 aromatic rings. The summed E-state index contributed by atoms with van der Waals surface area (Å²) in [5, 5.41) is 8.72. The molecule has 0 saturated heterocycles. The molecule has 0 aromatic heterocycles. The van der Waals surface area contributed by atoms with Crippen LogP contribution >= 0.6 is 0 Å². The average molecular weight is 270 g/mol. The molecule has 1 atom stereocenters. The summed E-state index contributed by atoms with van der Waals surface area (Å²) < 4.78 is 25.9. The van der Waals surface area contributed by atoms with Crippen molar-refractivity contribution in [2.45, 2.75) is 46.2 Å². The summed E-state index contributed by atoms with van der Waals surface area (Å²) in [6, 6.07) is 5.10. The summed E-state index contributed by atoms with van der Waals surface area (Å²) >= 11 is 0. The number of aliphatic carboxylic acids is 1. The molecule has 0 bridgehead atoms. The average Bonchev–Trinajstić information content (AvgIpc) is 2.97. The predicted molar refractivity (Wildman–Crippen MR) is 71.2 cm³/mol. The van der Waals surface area contributed by atoms with Crippen LogP contribution in [0.5, 0.6) is 0 Å². The molecule has 1 N–H and O–H groups in total. The van der Waals surface area contributed by atoms with Crippen LogP contribution in [0.1, 0.15) is 40.5 Å². The van der Waals surface area contributed by atoms with Gasteiger partial charge in [-0.3, -0.25) is 0 Å². The van der Waals surface area contributed by atoms with Gasteiger partial charge in [-0.05, 0) is 24.1 Å². The highest BCUT2D eigenvalue weighted by Crippen LogP contribution is 2.38. The van der Waals surface area contributed by atoms with Crippen LogP contribution in [0, 0.1) is 11.2 Å². The van der Waals surface area contributed by atoms with Gasteiger partial charge in [0.05, 0.1) is 0 Å². The van der Waals surface area contributed by atoms with Crippen LogP contribution in [0.25, 0.3) is 11.1 Å². The van der Waals surface area contributed by atoms with Crippen molar-refractivity contribution in [3.8, 4) is 11.1 Å². The smallest absolute Gasteiger partial charge is 0.342 e. The van der Waals surface area contributed by atoms with E-state index in [1.54, 1.807) is 33.8 Å². The van der Waals surface area contributed by atoms with Gasteiger partial charge in [0.1, 0.15) is 5.82 Å². The van der Waals surface area contributed by atoms with Crippen molar-refractivity contribution in [2.24, 2.45) is 5.41 Å². The lowest BCUT2D eigenvalue weighted by Crippen LogP contribution is -2.45. The van der Waals surface area contributed by atoms with Gasteiger partial charge in [-0.1, -0.05) is 40.2 Å². The molecule has 0 radical (unpaired) electrons. The van der Waals surface area contributed by atoms with E-state index in [1.165, 1.54) is 6.07 Å².